The number of sulfonamides is 1. The second-order valence-corrected chi connectivity index (χ2v) is 10.1. The summed E-state index contributed by atoms with van der Waals surface area (Å²) in [5.74, 6) is -0.413. The van der Waals surface area contributed by atoms with Crippen molar-refractivity contribution in [2.45, 2.75) is 16.8 Å². The summed E-state index contributed by atoms with van der Waals surface area (Å²) in [5.41, 5.74) is 1.50. The van der Waals surface area contributed by atoms with Crippen LogP contribution in [0.15, 0.2) is 80.8 Å². The van der Waals surface area contributed by atoms with E-state index in [9.17, 15) is 13.2 Å². The Morgan fingerprint density at radius 1 is 0.963 bits per heavy atom. The quantitative estimate of drug-likeness (QED) is 0.557. The molecule has 1 heterocycles. The summed E-state index contributed by atoms with van der Waals surface area (Å²) in [5, 5.41) is 2.81. The van der Waals surface area contributed by atoms with Crippen molar-refractivity contribution in [1.29, 1.82) is 0 Å². The van der Waals surface area contributed by atoms with Crippen molar-refractivity contribution < 1.29 is 13.2 Å². The Balaban J connectivity index is 1.82. The van der Waals surface area contributed by atoms with Gasteiger partial charge in [0.05, 0.1) is 3.79 Å². The maximum absolute atomic E-state index is 12.8. The van der Waals surface area contributed by atoms with Crippen molar-refractivity contribution >= 4 is 43.2 Å². The Morgan fingerprint density at radius 3 is 2.19 bits per heavy atom. The Hall–Kier alpha value is -2.00. The minimum absolute atomic E-state index is 0.145. The van der Waals surface area contributed by atoms with E-state index < -0.39 is 22.0 Å². The molecule has 1 aromatic heterocycles. The molecule has 0 radical (unpaired) electrons. The molecule has 27 heavy (non-hydrogen) atoms. The Kier molecular flexibility index (Phi) is 6.43. The topological polar surface area (TPSA) is 75.3 Å². The van der Waals surface area contributed by atoms with E-state index in [4.69, 9.17) is 0 Å². The molecule has 2 aromatic carbocycles. The van der Waals surface area contributed by atoms with Crippen LogP contribution in [0.4, 0.5) is 0 Å². The average molecular weight is 465 g/mol. The van der Waals surface area contributed by atoms with Crippen LogP contribution in [-0.4, -0.2) is 14.3 Å². The number of hydrogen-bond donors (Lipinski definition) is 2. The van der Waals surface area contributed by atoms with Crippen molar-refractivity contribution in [2.75, 3.05) is 0 Å². The molecular formula is C19H17BrN2O3S2. The van der Waals surface area contributed by atoms with Gasteiger partial charge in [0.1, 0.15) is 10.3 Å². The predicted molar refractivity (Wildman–Crippen MR) is 110 cm³/mol. The van der Waals surface area contributed by atoms with E-state index >= 15 is 0 Å². The average Bonchev–Trinajstić information content (AvgIpc) is 3.13. The van der Waals surface area contributed by atoms with Crippen molar-refractivity contribution in [3.63, 3.8) is 0 Å². The fourth-order valence-electron chi connectivity index (χ4n) is 2.46. The summed E-state index contributed by atoms with van der Waals surface area (Å²) in [7, 11) is -3.84. The molecule has 0 aliphatic carbocycles. The molecular weight excluding hydrogens is 448 g/mol. The zero-order chi connectivity index (χ0) is 19.3. The van der Waals surface area contributed by atoms with Crippen molar-refractivity contribution in [2.24, 2.45) is 0 Å². The fourth-order valence-corrected chi connectivity index (χ4v) is 5.67. The highest BCUT2D eigenvalue weighted by Gasteiger charge is 2.28. The summed E-state index contributed by atoms with van der Waals surface area (Å²) < 4.78 is 28.8. The number of hydrogen-bond acceptors (Lipinski definition) is 4. The fraction of sp³-hybridized carbons (Fsp3) is 0.105. The van der Waals surface area contributed by atoms with Crippen LogP contribution in [-0.2, 0) is 21.4 Å². The molecule has 0 saturated carbocycles. The van der Waals surface area contributed by atoms with E-state index in [0.717, 1.165) is 16.9 Å². The molecule has 0 bridgehead atoms. The standard InChI is InChI=1S/C19H17BrN2O3S2/c20-16-11-12-17(26-16)27(24,25)22-18(15-9-5-2-6-10-15)19(23)21-13-14-7-3-1-4-8-14/h1-12,18,22H,13H2,(H,21,23). The third-order valence-corrected chi connectivity index (χ3v) is 7.33. The normalized spacial score (nSPS) is 12.5. The van der Waals surface area contributed by atoms with Crippen LogP contribution in [0.5, 0.6) is 0 Å². The molecule has 1 unspecified atom stereocenters. The van der Waals surface area contributed by atoms with Crippen molar-refractivity contribution in [3.8, 4) is 0 Å². The van der Waals surface area contributed by atoms with E-state index in [1.807, 2.05) is 36.4 Å². The molecule has 3 aromatic rings. The van der Waals surface area contributed by atoms with Crippen LogP contribution in [0.2, 0.25) is 0 Å². The van der Waals surface area contributed by atoms with Gasteiger partial charge < -0.3 is 5.32 Å². The van der Waals surface area contributed by atoms with Crippen molar-refractivity contribution in [1.82, 2.24) is 10.0 Å². The number of benzene rings is 2. The second kappa shape index (κ2) is 8.79. The van der Waals surface area contributed by atoms with Gasteiger partial charge in [0.15, 0.2) is 0 Å². The number of halogens is 1. The van der Waals surface area contributed by atoms with E-state index in [2.05, 4.69) is 26.0 Å². The van der Waals surface area contributed by atoms with Crippen LogP contribution in [0.1, 0.15) is 17.2 Å². The molecule has 3 rings (SSSR count). The zero-order valence-corrected chi connectivity index (χ0v) is 17.4. The first kappa shape index (κ1) is 19.8. The molecule has 0 aliphatic rings. The van der Waals surface area contributed by atoms with Crippen LogP contribution in [0, 0.1) is 0 Å². The number of nitrogens with one attached hydrogen (secondary N) is 2. The minimum atomic E-state index is -3.84. The van der Waals surface area contributed by atoms with Crippen LogP contribution in [0.25, 0.3) is 0 Å². The highest BCUT2D eigenvalue weighted by Crippen LogP contribution is 2.27. The van der Waals surface area contributed by atoms with Crippen LogP contribution < -0.4 is 10.0 Å². The van der Waals surface area contributed by atoms with Gasteiger partial charge >= 0.3 is 0 Å². The van der Waals surface area contributed by atoms with Gasteiger partial charge in [0.25, 0.3) is 10.0 Å². The highest BCUT2D eigenvalue weighted by atomic mass is 79.9. The lowest BCUT2D eigenvalue weighted by molar-refractivity contribution is -0.123. The summed E-state index contributed by atoms with van der Waals surface area (Å²) in [6, 6.07) is 20.4. The van der Waals surface area contributed by atoms with Gasteiger partial charge in [-0.25, -0.2) is 8.42 Å². The molecule has 2 N–H and O–H groups in total. The molecule has 5 nitrogen and oxygen atoms in total. The second-order valence-electron chi connectivity index (χ2n) is 5.73. The molecule has 0 aliphatic heterocycles. The zero-order valence-electron chi connectivity index (χ0n) is 14.1. The molecule has 140 valence electrons. The van der Waals surface area contributed by atoms with E-state index in [0.29, 0.717) is 15.9 Å². The van der Waals surface area contributed by atoms with Gasteiger partial charge in [-0.2, -0.15) is 4.72 Å². The first-order valence-electron chi connectivity index (χ1n) is 8.10. The van der Waals surface area contributed by atoms with Gasteiger partial charge in [0, 0.05) is 6.54 Å². The Labute approximate surface area is 170 Å². The van der Waals surface area contributed by atoms with Gasteiger partial charge in [-0.15, -0.1) is 11.3 Å². The lowest BCUT2D eigenvalue weighted by atomic mass is 10.1. The number of carbonyl (C=O) groups is 1. The molecule has 1 atom stereocenters. The lowest BCUT2D eigenvalue weighted by Gasteiger charge is -2.18. The summed E-state index contributed by atoms with van der Waals surface area (Å²) in [4.78, 5) is 12.8. The summed E-state index contributed by atoms with van der Waals surface area (Å²) >= 11 is 4.35. The Bertz CT molecular complexity index is 1010. The first-order valence-corrected chi connectivity index (χ1v) is 11.2. The number of rotatable bonds is 7. The number of carbonyl (C=O) groups excluding carboxylic acids is 1. The SMILES string of the molecule is O=C(NCc1ccccc1)C(NS(=O)(=O)c1ccc(Br)s1)c1ccccc1. The van der Waals surface area contributed by atoms with Gasteiger partial charge in [-0.3, -0.25) is 4.79 Å². The summed E-state index contributed by atoms with van der Waals surface area (Å²) in [6.45, 7) is 0.315. The number of amides is 1. The monoisotopic (exact) mass is 464 g/mol. The number of thiophene rings is 1. The lowest BCUT2D eigenvalue weighted by Crippen LogP contribution is -2.39. The first-order chi connectivity index (χ1) is 13.0. The maximum atomic E-state index is 12.8. The van der Waals surface area contributed by atoms with E-state index in [1.165, 1.54) is 6.07 Å². The third-order valence-electron chi connectivity index (χ3n) is 3.79. The molecule has 0 spiro atoms. The third kappa shape index (κ3) is 5.26. The van der Waals surface area contributed by atoms with Gasteiger partial charge in [-0.05, 0) is 39.2 Å². The largest absolute Gasteiger partial charge is 0.350 e. The summed E-state index contributed by atoms with van der Waals surface area (Å²) in [6.07, 6.45) is 0. The molecule has 0 saturated heterocycles. The van der Waals surface area contributed by atoms with Crippen molar-refractivity contribution in [3.05, 3.63) is 87.7 Å². The molecule has 8 heteroatoms. The smallest absolute Gasteiger partial charge is 0.251 e. The molecule has 1 amide bonds. The van der Waals surface area contributed by atoms with E-state index in [1.54, 1.807) is 30.3 Å². The van der Waals surface area contributed by atoms with E-state index in [-0.39, 0.29) is 4.21 Å². The predicted octanol–water partition coefficient (Wildman–Crippen LogP) is 3.85. The van der Waals surface area contributed by atoms with Gasteiger partial charge in [-0.1, -0.05) is 60.7 Å². The maximum Gasteiger partial charge on any atom is 0.251 e. The molecule has 0 fully saturated rings. The van der Waals surface area contributed by atoms with Crippen LogP contribution in [0.3, 0.4) is 0 Å². The Morgan fingerprint density at radius 2 is 1.59 bits per heavy atom. The van der Waals surface area contributed by atoms with Crippen LogP contribution >= 0.6 is 27.3 Å². The minimum Gasteiger partial charge on any atom is -0.350 e. The van der Waals surface area contributed by atoms with Gasteiger partial charge in [0.2, 0.25) is 5.91 Å². The highest BCUT2D eigenvalue weighted by molar-refractivity contribution is 9.11.